The molecule has 2 aliphatic heterocycles. The van der Waals surface area contributed by atoms with Crippen molar-refractivity contribution in [3.8, 4) is 0 Å². The van der Waals surface area contributed by atoms with Crippen LogP contribution in [-0.2, 0) is 25.5 Å². The van der Waals surface area contributed by atoms with Gasteiger partial charge in [-0.25, -0.2) is 0 Å². The van der Waals surface area contributed by atoms with Crippen molar-refractivity contribution in [2.45, 2.75) is 120 Å². The minimum Gasteiger partial charge on any atom is -0.664 e. The zero-order valence-electron chi connectivity index (χ0n) is 37.9. The molecule has 3 aromatic heterocycles. The molecular formula is C50H63MgN5O5-2. The maximum Gasteiger partial charge on any atom is 2.00 e. The predicted octanol–water partition coefficient (Wildman–Crippen LogP) is 7.85. The fraction of sp³-hybridized carbons (Fsp3) is 0.500. The normalized spacial score (nSPS) is 21.8. The number of nitrogens with zero attached hydrogens (tertiary/aromatic N) is 4. The molecular weight excluding hydrogens is 775 g/mol. The van der Waals surface area contributed by atoms with Crippen LogP contribution in [0.1, 0.15) is 154 Å². The summed E-state index contributed by atoms with van der Waals surface area (Å²) < 4.78 is 11.1. The number of esters is 2. The van der Waals surface area contributed by atoms with Crippen LogP contribution in [0.5, 0.6) is 0 Å². The van der Waals surface area contributed by atoms with Crippen LogP contribution in [0.3, 0.4) is 0 Å². The summed E-state index contributed by atoms with van der Waals surface area (Å²) in [7, 11) is 0. The van der Waals surface area contributed by atoms with Crippen molar-refractivity contribution in [2.24, 2.45) is 35.3 Å². The maximum absolute atomic E-state index is 14.4. The third-order valence-corrected chi connectivity index (χ3v) is 12.9. The van der Waals surface area contributed by atoms with Crippen LogP contribution >= 0.6 is 0 Å². The standard InChI is InChI=1S/C50H64N5O5.Mg/c1-11-34-30(7)37-23-39-32(9)36(19-20-43(56)59-22-21-29(6)18-14-17-28(5)16-13-15-27(3)4)47(54-39)45-46(50(58)60-26-51)49(57)44-33(10)40(55-48(44)45)25-42-35(12-2)31(8)38(53-42)24-41(34)52-37;/h11,21,23-25,27-28,32,36,46H,1,12-20,22,26,51H2,2-10H3,(H-,54,55,57);/q-3;+2/p-1/b29-21+,38-24-,39-23-,42-25-;/t28-,32+,36+,46-;/m1./s1. The van der Waals surface area contributed by atoms with Crippen molar-refractivity contribution in [3.05, 3.63) is 102 Å². The summed E-state index contributed by atoms with van der Waals surface area (Å²) in [5, 5.41) is 6.79. The molecule has 10 nitrogen and oxygen atoms in total. The summed E-state index contributed by atoms with van der Waals surface area (Å²) >= 11 is 0. The van der Waals surface area contributed by atoms with E-state index in [1.165, 1.54) is 31.3 Å². The SMILES string of the molecule is C=Cc1c2[n-]c(c1C)/C=C1\[N-]/C(=C3\c4[n-]c(c(C)c4C(=O)[C@@H]3C(=O)OCN)/C=c3\[n-]/c(c(C)c3CC)=C\2)[C@@H](CCC(=O)OC/C=C(\C)CCC[C@H](C)CCCC(C)C)[C@@H]1C.[Mg+2]. The fourth-order valence-electron chi connectivity index (χ4n) is 9.17. The van der Waals surface area contributed by atoms with Crippen molar-refractivity contribution in [1.82, 2.24) is 15.0 Å². The molecule has 0 amide bonds. The molecule has 8 bridgehead atoms. The van der Waals surface area contributed by atoms with Gasteiger partial charge in [0.1, 0.15) is 19.3 Å². The van der Waals surface area contributed by atoms with E-state index in [4.69, 9.17) is 35.5 Å². The van der Waals surface area contributed by atoms with Crippen molar-refractivity contribution < 1.29 is 23.9 Å². The Balaban J connectivity index is 0.00000704. The van der Waals surface area contributed by atoms with Gasteiger partial charge in [-0.2, -0.15) is 11.4 Å². The summed E-state index contributed by atoms with van der Waals surface area (Å²) in [6.07, 6.45) is 18.1. The second-order valence-electron chi connectivity index (χ2n) is 17.5. The summed E-state index contributed by atoms with van der Waals surface area (Å²) in [5.74, 6) is -1.85. The first-order valence-corrected chi connectivity index (χ1v) is 21.9. The van der Waals surface area contributed by atoms with Crippen molar-refractivity contribution in [2.75, 3.05) is 13.3 Å². The summed E-state index contributed by atoms with van der Waals surface area (Å²) in [6.45, 7) is 23.0. The average molecular weight is 838 g/mol. The zero-order valence-corrected chi connectivity index (χ0v) is 39.3. The Morgan fingerprint density at radius 2 is 1.61 bits per heavy atom. The van der Waals surface area contributed by atoms with E-state index in [0.29, 0.717) is 46.1 Å². The van der Waals surface area contributed by atoms with E-state index in [0.717, 1.165) is 75.2 Å². The van der Waals surface area contributed by atoms with E-state index in [1.807, 2.05) is 44.2 Å². The minimum absolute atomic E-state index is 0. The molecule has 1 fully saturated rings. The van der Waals surface area contributed by atoms with Gasteiger partial charge >= 0.3 is 35.0 Å². The minimum atomic E-state index is -1.29. The van der Waals surface area contributed by atoms with Crippen LogP contribution in [0.25, 0.3) is 35.2 Å². The molecule has 0 aromatic carbocycles. The van der Waals surface area contributed by atoms with Crippen LogP contribution in [0, 0.1) is 50.4 Å². The number of carbonyl (C=O) groups is 3. The molecule has 4 atom stereocenters. The van der Waals surface area contributed by atoms with Crippen molar-refractivity contribution in [1.29, 1.82) is 0 Å². The van der Waals surface area contributed by atoms with Gasteiger partial charge in [0.25, 0.3) is 0 Å². The van der Waals surface area contributed by atoms with Crippen LogP contribution in [-0.4, -0.2) is 54.1 Å². The van der Waals surface area contributed by atoms with Crippen molar-refractivity contribution >= 4 is 70.7 Å². The summed E-state index contributed by atoms with van der Waals surface area (Å²) in [5.41, 5.74) is 16.1. The van der Waals surface area contributed by atoms with Crippen LogP contribution < -0.4 is 31.4 Å². The molecule has 11 heteroatoms. The van der Waals surface area contributed by atoms with Gasteiger partial charge in [0.05, 0.1) is 0 Å². The number of Topliss-reactive ketones (excluding diaryl/α,β-unsaturated/α-hetero) is 1. The smallest absolute Gasteiger partial charge is 0.664 e. The molecule has 6 rings (SSSR count). The van der Waals surface area contributed by atoms with E-state index < -0.39 is 17.7 Å². The third kappa shape index (κ3) is 10.2. The number of ether oxygens (including phenoxy) is 2. The number of hydrogen-bond donors (Lipinski definition) is 1. The van der Waals surface area contributed by atoms with Crippen molar-refractivity contribution in [3.63, 3.8) is 0 Å². The number of hydrogen-bond acceptors (Lipinski definition) is 6. The summed E-state index contributed by atoms with van der Waals surface area (Å²) in [4.78, 5) is 56.6. The molecule has 0 unspecified atom stereocenters. The monoisotopic (exact) mass is 837 g/mol. The van der Waals surface area contributed by atoms with Gasteiger partial charge in [-0.3, -0.25) is 20.1 Å². The molecule has 0 spiro atoms. The molecule has 5 heterocycles. The van der Waals surface area contributed by atoms with Crippen LogP contribution in [0.15, 0.2) is 29.6 Å². The first-order valence-electron chi connectivity index (χ1n) is 21.9. The van der Waals surface area contributed by atoms with Crippen LogP contribution in [0.2, 0.25) is 0 Å². The topological polar surface area (TPSA) is 152 Å². The van der Waals surface area contributed by atoms with E-state index in [-0.39, 0.29) is 60.6 Å². The Morgan fingerprint density at radius 1 is 0.902 bits per heavy atom. The molecule has 61 heavy (non-hydrogen) atoms. The molecule has 0 radical (unpaired) electrons. The number of allylic oxidation sites excluding steroid dienone is 3. The molecule has 322 valence electrons. The molecule has 1 aliphatic carbocycles. The second kappa shape index (κ2) is 20.7. The summed E-state index contributed by atoms with van der Waals surface area (Å²) in [6, 6.07) is 0. The first-order chi connectivity index (χ1) is 28.7. The number of aromatic nitrogens is 3. The Bertz CT molecular complexity index is 2370. The molecule has 3 aromatic rings. The van der Waals surface area contributed by atoms with E-state index in [1.54, 1.807) is 0 Å². The van der Waals surface area contributed by atoms with E-state index in [2.05, 4.69) is 55.0 Å². The maximum atomic E-state index is 14.4. The van der Waals surface area contributed by atoms with Gasteiger partial charge < -0.3 is 29.7 Å². The quantitative estimate of drug-likeness (QED) is 0.0471. The zero-order chi connectivity index (χ0) is 43.4. The fourth-order valence-corrected chi connectivity index (χ4v) is 9.17. The van der Waals surface area contributed by atoms with E-state index >= 15 is 0 Å². The van der Waals surface area contributed by atoms with Gasteiger partial charge in [0.2, 0.25) is 0 Å². The third-order valence-electron chi connectivity index (χ3n) is 12.9. The van der Waals surface area contributed by atoms with Crippen LogP contribution in [0.4, 0.5) is 0 Å². The Kier molecular flexibility index (Phi) is 16.2. The molecule has 2 N–H and O–H groups in total. The second-order valence-corrected chi connectivity index (χ2v) is 17.5. The van der Waals surface area contributed by atoms with Gasteiger partial charge in [0.15, 0.2) is 5.78 Å². The first kappa shape index (κ1) is 47.7. The molecule has 3 aliphatic rings. The predicted molar refractivity (Wildman–Crippen MR) is 245 cm³/mol. The van der Waals surface area contributed by atoms with Gasteiger partial charge in [-0.05, 0) is 88.7 Å². The largest absolute Gasteiger partial charge is 2.00 e. The number of carbonyl (C=O) groups excluding carboxylic acids is 3. The number of fused-ring (bicyclic) bond motifs is 7. The Labute approximate surface area is 378 Å². The number of ketones is 1. The van der Waals surface area contributed by atoms with Gasteiger partial charge in [0, 0.05) is 12.0 Å². The molecule has 1 saturated heterocycles. The Hall–Kier alpha value is -4.32. The Morgan fingerprint density at radius 3 is 2.30 bits per heavy atom. The number of rotatable bonds is 17. The molecule has 0 saturated carbocycles. The van der Waals surface area contributed by atoms with E-state index in [9.17, 15) is 14.4 Å². The average Bonchev–Trinajstić information content (AvgIpc) is 3.94. The van der Waals surface area contributed by atoms with Gasteiger partial charge in [-0.15, -0.1) is 33.5 Å². The number of nitrogens with two attached hydrogens (primary N) is 1. The van der Waals surface area contributed by atoms with Gasteiger partial charge in [-0.1, -0.05) is 125 Å².